The van der Waals surface area contributed by atoms with E-state index >= 15 is 0 Å². The Morgan fingerprint density at radius 1 is 1.38 bits per heavy atom. The summed E-state index contributed by atoms with van der Waals surface area (Å²) in [5.74, 6) is 1.35. The summed E-state index contributed by atoms with van der Waals surface area (Å²) in [6.45, 7) is 0. The molecule has 0 aromatic carbocycles. The quantitative estimate of drug-likeness (QED) is 0.494. The highest BCUT2D eigenvalue weighted by Gasteiger charge is 2.26. The number of pyridine rings is 1. The van der Waals surface area contributed by atoms with Crippen molar-refractivity contribution in [1.82, 2.24) is 24.9 Å². The minimum absolute atomic E-state index is 0.0443. The molecule has 3 heterocycles. The van der Waals surface area contributed by atoms with Crippen LogP contribution in [0.15, 0.2) is 30.6 Å². The minimum Gasteiger partial charge on any atom is -0.480 e. The molecule has 0 spiro atoms. The maximum atomic E-state index is 12.8. The zero-order chi connectivity index (χ0) is 20.4. The first-order valence-electron chi connectivity index (χ1n) is 9.40. The largest absolute Gasteiger partial charge is 0.480 e. The Morgan fingerprint density at radius 2 is 2.24 bits per heavy atom. The lowest BCUT2D eigenvalue weighted by molar-refractivity contribution is 0.0935. The zero-order valence-corrected chi connectivity index (χ0v) is 16.2. The normalized spacial score (nSPS) is 18.6. The number of nitrogens with zero attached hydrogens (tertiary/aromatic N) is 4. The number of carbonyl (C=O) groups excluding carboxylic acids is 1. The summed E-state index contributed by atoms with van der Waals surface area (Å²) >= 11 is 0. The van der Waals surface area contributed by atoms with Crippen molar-refractivity contribution >= 4 is 28.9 Å². The van der Waals surface area contributed by atoms with Gasteiger partial charge in [0.25, 0.3) is 5.91 Å². The van der Waals surface area contributed by atoms with Crippen LogP contribution in [0.3, 0.4) is 0 Å². The molecule has 4 N–H and O–H groups in total. The van der Waals surface area contributed by atoms with Crippen LogP contribution < -0.4 is 20.7 Å². The van der Waals surface area contributed by atoms with Crippen LogP contribution in [0.1, 0.15) is 29.6 Å². The van der Waals surface area contributed by atoms with Crippen LogP contribution in [0.4, 0.5) is 17.3 Å². The number of rotatable bonds is 6. The topological polar surface area (TPSA) is 126 Å². The van der Waals surface area contributed by atoms with Gasteiger partial charge in [0.05, 0.1) is 19.4 Å². The van der Waals surface area contributed by atoms with E-state index in [4.69, 9.17) is 4.74 Å². The lowest BCUT2D eigenvalue weighted by atomic mass is 10.2. The lowest BCUT2D eigenvalue weighted by Crippen LogP contribution is -2.33. The van der Waals surface area contributed by atoms with Gasteiger partial charge in [0, 0.05) is 25.4 Å². The number of fused-ring (bicyclic) bond motifs is 1. The molecule has 10 heteroatoms. The van der Waals surface area contributed by atoms with Gasteiger partial charge in [-0.1, -0.05) is 0 Å². The monoisotopic (exact) mass is 397 g/mol. The van der Waals surface area contributed by atoms with Crippen molar-refractivity contribution < 1.29 is 14.6 Å². The molecule has 0 bridgehead atoms. The standard InChI is InChI=1S/C19H23N7O3/c1-20-16-9-15(24-14-4-3-7-21-19(14)29-2)25-17-13(10-22-26(16)17)18(28)23-11-5-6-12(27)8-11/h3-4,7,9-12,20,27H,5-6,8H2,1-2H3,(H,23,28)(H,24,25)/t11-,12-/m0/s1. The van der Waals surface area contributed by atoms with Crippen LogP contribution in [0.2, 0.25) is 0 Å². The summed E-state index contributed by atoms with van der Waals surface area (Å²) in [6.07, 6.45) is 4.80. The molecule has 2 atom stereocenters. The Balaban J connectivity index is 1.67. The molecule has 10 nitrogen and oxygen atoms in total. The number of amides is 1. The van der Waals surface area contributed by atoms with E-state index in [-0.39, 0.29) is 18.1 Å². The Kier molecular flexibility index (Phi) is 5.17. The first-order chi connectivity index (χ1) is 14.1. The number of aliphatic hydroxyl groups excluding tert-OH is 1. The van der Waals surface area contributed by atoms with Gasteiger partial charge in [-0.25, -0.2) is 9.97 Å². The highest BCUT2D eigenvalue weighted by atomic mass is 16.5. The van der Waals surface area contributed by atoms with Crippen LogP contribution in [-0.4, -0.2) is 56.9 Å². The third-order valence-corrected chi connectivity index (χ3v) is 4.94. The smallest absolute Gasteiger partial charge is 0.256 e. The minimum atomic E-state index is -0.358. The number of hydrogen-bond acceptors (Lipinski definition) is 8. The lowest BCUT2D eigenvalue weighted by Gasteiger charge is -2.13. The van der Waals surface area contributed by atoms with Crippen LogP contribution in [0, 0.1) is 0 Å². The Morgan fingerprint density at radius 3 is 2.97 bits per heavy atom. The van der Waals surface area contributed by atoms with Crippen molar-refractivity contribution in [3.63, 3.8) is 0 Å². The zero-order valence-electron chi connectivity index (χ0n) is 16.2. The second-order valence-electron chi connectivity index (χ2n) is 6.89. The Labute approximate surface area is 167 Å². The fraction of sp³-hybridized carbons (Fsp3) is 0.368. The molecule has 3 aromatic heterocycles. The molecular formula is C19H23N7O3. The summed E-state index contributed by atoms with van der Waals surface area (Å²) in [6, 6.07) is 5.35. The number of anilines is 3. The van der Waals surface area contributed by atoms with Crippen LogP contribution in [-0.2, 0) is 0 Å². The molecule has 3 aromatic rings. The third kappa shape index (κ3) is 3.79. The van der Waals surface area contributed by atoms with Gasteiger partial charge in [-0.3, -0.25) is 4.79 Å². The third-order valence-electron chi connectivity index (χ3n) is 4.94. The maximum Gasteiger partial charge on any atom is 0.256 e. The van der Waals surface area contributed by atoms with Crippen molar-refractivity contribution in [3.05, 3.63) is 36.2 Å². The van der Waals surface area contributed by atoms with Gasteiger partial charge < -0.3 is 25.8 Å². The van der Waals surface area contributed by atoms with Gasteiger partial charge in [0.1, 0.15) is 22.9 Å². The van der Waals surface area contributed by atoms with Gasteiger partial charge in [-0.2, -0.15) is 9.61 Å². The molecule has 0 radical (unpaired) electrons. The molecular weight excluding hydrogens is 374 g/mol. The van der Waals surface area contributed by atoms with E-state index in [1.165, 1.54) is 6.20 Å². The Hall–Kier alpha value is -3.40. The molecule has 4 rings (SSSR count). The maximum absolute atomic E-state index is 12.8. The molecule has 1 amide bonds. The second kappa shape index (κ2) is 7.92. The second-order valence-corrected chi connectivity index (χ2v) is 6.89. The van der Waals surface area contributed by atoms with E-state index in [0.717, 1.165) is 6.42 Å². The predicted molar refractivity (Wildman–Crippen MR) is 108 cm³/mol. The van der Waals surface area contributed by atoms with Gasteiger partial charge >= 0.3 is 0 Å². The van der Waals surface area contributed by atoms with Crippen molar-refractivity contribution in [2.45, 2.75) is 31.4 Å². The molecule has 0 unspecified atom stereocenters. The molecule has 1 aliphatic rings. The fourth-order valence-electron chi connectivity index (χ4n) is 3.50. The number of carbonyl (C=O) groups is 1. The van der Waals surface area contributed by atoms with Crippen molar-refractivity contribution in [3.8, 4) is 5.88 Å². The molecule has 0 aliphatic heterocycles. The number of aromatic nitrogens is 4. The fourth-order valence-corrected chi connectivity index (χ4v) is 3.50. The summed E-state index contributed by atoms with van der Waals surface area (Å²) in [5, 5.41) is 23.2. The van der Waals surface area contributed by atoms with E-state index in [2.05, 4.69) is 31.0 Å². The highest BCUT2D eigenvalue weighted by molar-refractivity contribution is 6.00. The van der Waals surface area contributed by atoms with Crippen molar-refractivity contribution in [1.29, 1.82) is 0 Å². The van der Waals surface area contributed by atoms with Crippen LogP contribution in [0.5, 0.6) is 5.88 Å². The van der Waals surface area contributed by atoms with Gasteiger partial charge in [-0.05, 0) is 31.4 Å². The van der Waals surface area contributed by atoms with Crippen LogP contribution >= 0.6 is 0 Å². The number of ether oxygens (including phenoxy) is 1. The highest BCUT2D eigenvalue weighted by Crippen LogP contribution is 2.26. The van der Waals surface area contributed by atoms with E-state index in [9.17, 15) is 9.90 Å². The first-order valence-corrected chi connectivity index (χ1v) is 9.40. The summed E-state index contributed by atoms with van der Waals surface area (Å²) in [4.78, 5) is 21.5. The molecule has 29 heavy (non-hydrogen) atoms. The Bertz CT molecular complexity index is 1040. The number of aliphatic hydroxyl groups is 1. The molecule has 152 valence electrons. The van der Waals surface area contributed by atoms with Crippen LogP contribution in [0.25, 0.3) is 5.65 Å². The molecule has 0 saturated heterocycles. The average molecular weight is 397 g/mol. The molecule has 1 fully saturated rings. The molecule has 1 saturated carbocycles. The van der Waals surface area contributed by atoms with E-state index < -0.39 is 0 Å². The average Bonchev–Trinajstić information content (AvgIpc) is 3.33. The van der Waals surface area contributed by atoms with E-state index in [0.29, 0.717) is 47.3 Å². The number of hydrogen-bond donors (Lipinski definition) is 4. The van der Waals surface area contributed by atoms with Crippen molar-refractivity contribution in [2.24, 2.45) is 0 Å². The summed E-state index contributed by atoms with van der Waals surface area (Å²) in [7, 11) is 3.31. The number of methoxy groups -OCH3 is 1. The summed E-state index contributed by atoms with van der Waals surface area (Å²) in [5.41, 5.74) is 1.43. The number of nitrogens with one attached hydrogen (secondary N) is 3. The predicted octanol–water partition coefficient (Wildman–Crippen LogP) is 1.56. The van der Waals surface area contributed by atoms with Crippen molar-refractivity contribution in [2.75, 3.05) is 24.8 Å². The van der Waals surface area contributed by atoms with E-state index in [1.54, 1.807) is 37.0 Å². The molecule has 1 aliphatic carbocycles. The first kappa shape index (κ1) is 18.9. The summed E-state index contributed by atoms with van der Waals surface area (Å²) < 4.78 is 6.85. The van der Waals surface area contributed by atoms with Gasteiger partial charge in [0.2, 0.25) is 5.88 Å². The van der Waals surface area contributed by atoms with Gasteiger partial charge in [0.15, 0.2) is 5.65 Å². The SMILES string of the molecule is CNc1cc(Nc2cccnc2OC)nc2c(C(=O)N[C@H]3CC[C@H](O)C3)cnn12. The van der Waals surface area contributed by atoms with E-state index in [1.807, 2.05) is 6.07 Å². The van der Waals surface area contributed by atoms with Gasteiger partial charge in [-0.15, -0.1) is 0 Å².